The Morgan fingerprint density at radius 2 is 1.97 bits per heavy atom. The van der Waals surface area contributed by atoms with E-state index in [1.807, 2.05) is 6.79 Å². The Kier molecular flexibility index (Phi) is 19.5. The number of hydrogen-bond acceptors (Lipinski definition) is 6. The number of aliphatic hydroxyl groups excluding tert-OH is 1. The maximum Gasteiger partial charge on any atom is 0.106 e. The van der Waals surface area contributed by atoms with Crippen molar-refractivity contribution in [3.8, 4) is 0 Å². The Bertz CT molecular complexity index is 731. The molecule has 0 bridgehead atoms. The molecule has 5 nitrogen and oxygen atoms in total. The number of aliphatic hydroxyl groups is 2. The van der Waals surface area contributed by atoms with Crippen molar-refractivity contribution in [3.05, 3.63) is 34.4 Å². The van der Waals surface area contributed by atoms with Gasteiger partial charge >= 0.3 is 0 Å². The number of thioether (sulfide) groups is 1. The van der Waals surface area contributed by atoms with Crippen LogP contribution < -0.4 is 0 Å². The van der Waals surface area contributed by atoms with Gasteiger partial charge in [0.25, 0.3) is 0 Å². The lowest BCUT2D eigenvalue weighted by atomic mass is 9.69. The number of alkyl halides is 1. The molecule has 0 aliphatic carbocycles. The Morgan fingerprint density at radius 3 is 2.57 bits per heavy atom. The maximum atomic E-state index is 12.2. The van der Waals surface area contributed by atoms with E-state index in [1.165, 1.54) is 22.9 Å². The summed E-state index contributed by atoms with van der Waals surface area (Å²) in [6, 6.07) is 4.60. The van der Waals surface area contributed by atoms with Gasteiger partial charge in [-0.1, -0.05) is 26.0 Å². The molecule has 0 aromatic heterocycles. The molecule has 0 unspecified atom stereocenters. The summed E-state index contributed by atoms with van der Waals surface area (Å²) < 4.78 is 18.0. The van der Waals surface area contributed by atoms with Gasteiger partial charge in [0.05, 0.1) is 31.4 Å². The van der Waals surface area contributed by atoms with Crippen LogP contribution >= 0.6 is 52.2 Å². The predicted octanol–water partition coefficient (Wildman–Crippen LogP) is 4.40. The summed E-state index contributed by atoms with van der Waals surface area (Å²) in [6.45, 7) is 10.7. The van der Waals surface area contributed by atoms with Crippen molar-refractivity contribution in [1.29, 1.82) is 0 Å². The molecule has 2 heterocycles. The van der Waals surface area contributed by atoms with Gasteiger partial charge in [0.15, 0.2) is 0 Å². The van der Waals surface area contributed by atoms with Gasteiger partial charge < -0.3 is 19.7 Å². The molecule has 0 radical (unpaired) electrons. The number of hydrogen-bond donors (Lipinski definition) is 2. The van der Waals surface area contributed by atoms with E-state index >= 15 is 0 Å². The van der Waals surface area contributed by atoms with Crippen molar-refractivity contribution in [2.24, 2.45) is 11.8 Å². The Hall–Kier alpha value is 0.0600. The van der Waals surface area contributed by atoms with Crippen LogP contribution in [0.5, 0.6) is 0 Å². The highest BCUT2D eigenvalue weighted by Gasteiger charge is 2.47. The van der Waals surface area contributed by atoms with Crippen LogP contribution in [-0.4, -0.2) is 65.6 Å². The number of nitrogens with zero attached hydrogens (tertiary/aromatic N) is 1. The first-order valence-corrected chi connectivity index (χ1v) is 12.7. The zero-order valence-electron chi connectivity index (χ0n) is 21.3. The number of aryl methyl sites for hydroxylation is 1. The van der Waals surface area contributed by atoms with E-state index in [9.17, 15) is 14.6 Å². The van der Waals surface area contributed by atoms with Crippen molar-refractivity contribution >= 4 is 59.0 Å². The zero-order valence-corrected chi connectivity index (χ0v) is 25.1. The molecule has 0 spiro atoms. The third-order valence-corrected chi connectivity index (χ3v) is 7.60. The van der Waals surface area contributed by atoms with E-state index < -0.39 is 5.60 Å². The monoisotopic (exact) mass is 570 g/mol. The van der Waals surface area contributed by atoms with Crippen LogP contribution in [0.3, 0.4) is 0 Å². The van der Waals surface area contributed by atoms with Crippen molar-refractivity contribution in [3.63, 3.8) is 0 Å². The average Bonchev–Trinajstić information content (AvgIpc) is 2.77. The van der Waals surface area contributed by atoms with Crippen LogP contribution in [0.25, 0.3) is 0 Å². The normalized spacial score (nSPS) is 22.9. The second kappa shape index (κ2) is 18.3. The minimum atomic E-state index is -0.756. The molecular weight excluding hydrogens is 525 g/mol. The number of carbonyl (C=O) groups excluding carboxylic acids is 1. The first-order valence-electron chi connectivity index (χ1n) is 11.6. The van der Waals surface area contributed by atoms with Crippen molar-refractivity contribution in [2.45, 2.75) is 64.7 Å². The molecule has 10 heteroatoms. The van der Waals surface area contributed by atoms with E-state index in [0.29, 0.717) is 30.6 Å². The Morgan fingerprint density at radius 1 is 1.29 bits per heavy atom. The van der Waals surface area contributed by atoms with Gasteiger partial charge in [0.2, 0.25) is 0 Å². The number of fused-ring (bicyclic) bond motifs is 3. The average molecular weight is 571 g/mol. The van der Waals surface area contributed by atoms with Crippen LogP contribution in [0.2, 0.25) is 0 Å². The number of rotatable bonds is 10. The lowest BCUT2D eigenvalue weighted by Gasteiger charge is -2.52. The quantitative estimate of drug-likeness (QED) is 0.321. The van der Waals surface area contributed by atoms with Crippen molar-refractivity contribution < 1.29 is 24.1 Å². The van der Waals surface area contributed by atoms with Crippen molar-refractivity contribution in [2.75, 3.05) is 38.1 Å². The second-order valence-corrected chi connectivity index (χ2v) is 10.5. The molecule has 206 valence electrons. The van der Waals surface area contributed by atoms with Gasteiger partial charge in [-0.15, -0.1) is 11.8 Å². The molecule has 3 rings (SSSR count). The summed E-state index contributed by atoms with van der Waals surface area (Å²) in [5, 5.41) is 21.4. The van der Waals surface area contributed by atoms with Crippen LogP contribution in [0.1, 0.15) is 61.4 Å². The molecular formula is C25H46FNO4S4. The molecule has 2 aliphatic rings. The van der Waals surface area contributed by atoms with Gasteiger partial charge in [-0.2, -0.15) is 40.5 Å². The Balaban J connectivity index is 0. The number of piperidine rings is 1. The van der Waals surface area contributed by atoms with E-state index in [4.69, 9.17) is 9.53 Å². The Labute approximate surface area is 236 Å². The van der Waals surface area contributed by atoms with E-state index in [1.54, 1.807) is 0 Å². The first-order chi connectivity index (χ1) is 15.4. The molecule has 1 aromatic carbocycles. The summed E-state index contributed by atoms with van der Waals surface area (Å²) in [7, 11) is 0. The minimum Gasteiger partial charge on any atom is -0.392 e. The maximum absolute atomic E-state index is 12.2. The summed E-state index contributed by atoms with van der Waals surface area (Å²) in [6.07, 6.45) is 3.34. The highest BCUT2D eigenvalue weighted by atomic mass is 32.2. The third kappa shape index (κ3) is 10.0. The summed E-state index contributed by atoms with van der Waals surface area (Å²) in [5.41, 5.74) is 4.00. The minimum absolute atomic E-state index is 0. The molecule has 1 fully saturated rings. The van der Waals surface area contributed by atoms with Crippen LogP contribution in [0.4, 0.5) is 4.39 Å². The highest BCUT2D eigenvalue weighted by Crippen LogP contribution is 2.46. The van der Waals surface area contributed by atoms with Crippen LogP contribution in [-0.2, 0) is 22.6 Å². The van der Waals surface area contributed by atoms with Crippen molar-refractivity contribution in [1.82, 2.24) is 4.90 Å². The predicted molar refractivity (Wildman–Crippen MR) is 160 cm³/mol. The topological polar surface area (TPSA) is 70.0 Å². The van der Waals surface area contributed by atoms with E-state index in [0.717, 1.165) is 43.5 Å². The van der Waals surface area contributed by atoms with Crippen LogP contribution in [0, 0.1) is 18.8 Å². The SMILES string of the molecule is C=O.Cc1cc2c(cc1CO)CCN1C[C@H](CC(C)C)[C@](O)(CCOCSCC[18F])C[C@@H]21.S.S.S. The van der Waals surface area contributed by atoms with Gasteiger partial charge in [-0.3, -0.25) is 9.29 Å². The molecule has 2 aliphatic heterocycles. The fraction of sp³-hybridized carbons (Fsp3) is 0.720. The number of halogens is 1. The van der Waals surface area contributed by atoms with E-state index in [2.05, 4.69) is 37.8 Å². The summed E-state index contributed by atoms with van der Waals surface area (Å²) in [4.78, 5) is 10.6. The van der Waals surface area contributed by atoms with Crippen LogP contribution in [0.15, 0.2) is 12.1 Å². The molecule has 0 saturated carbocycles. The molecule has 1 aromatic rings. The first kappa shape index (κ1) is 37.2. The standard InChI is InChI=1S/C24H38FNO3S.CH2O.3H2S/c1-17(2)10-21-14-26-7-4-19-12-20(15-27)18(3)11-22(19)23(26)13-24(21,28)5-8-29-16-30-9-6-25;1-2;;;/h11-12,17,21,23,27-28H,4-10,13-16H2,1-3H3;1H2;3*1H2/t21-,23-,24-;;;;/m0..../s1/i25-1;;;;. The van der Waals surface area contributed by atoms with Gasteiger partial charge in [-0.05, 0) is 60.8 Å². The van der Waals surface area contributed by atoms with Gasteiger partial charge in [0, 0.05) is 30.8 Å². The molecule has 1 saturated heterocycles. The molecule has 3 atom stereocenters. The fourth-order valence-corrected chi connectivity index (χ4v) is 5.66. The fourth-order valence-electron chi connectivity index (χ4n) is 5.20. The molecule has 2 N–H and O–H groups in total. The lowest BCUT2D eigenvalue weighted by molar-refractivity contribution is -0.116. The number of ether oxygens (including phenoxy) is 1. The third-order valence-electron chi connectivity index (χ3n) is 6.82. The smallest absolute Gasteiger partial charge is 0.106 e. The number of carbonyl (C=O) groups is 1. The van der Waals surface area contributed by atoms with E-state index in [-0.39, 0.29) is 65.7 Å². The summed E-state index contributed by atoms with van der Waals surface area (Å²) >= 11 is 1.46. The van der Waals surface area contributed by atoms with Gasteiger partial charge in [-0.25, -0.2) is 0 Å². The molecule has 35 heavy (non-hydrogen) atoms. The second-order valence-electron chi connectivity index (χ2n) is 9.40. The largest absolute Gasteiger partial charge is 0.392 e. The highest BCUT2D eigenvalue weighted by molar-refractivity contribution is 7.99. The zero-order chi connectivity index (χ0) is 23.7. The van der Waals surface area contributed by atoms with Gasteiger partial charge in [0.1, 0.15) is 6.79 Å². The summed E-state index contributed by atoms with van der Waals surface area (Å²) in [5.74, 6) is 1.71. The lowest BCUT2D eigenvalue weighted by Crippen LogP contribution is -2.55. The number of benzene rings is 1. The molecule has 0 amide bonds.